The maximum atomic E-state index is 13.7. The lowest BCUT2D eigenvalue weighted by Gasteiger charge is -2.63. The number of hydrogen-bond acceptors (Lipinski definition) is 4. The quantitative estimate of drug-likeness (QED) is 0.592. The first-order valence-electron chi connectivity index (χ1n) is 13.4. The van der Waals surface area contributed by atoms with Gasteiger partial charge in [-0.15, -0.1) is 0 Å². The largest absolute Gasteiger partial charge is 0.393 e. The summed E-state index contributed by atoms with van der Waals surface area (Å²) in [6.45, 7) is 13.5. The average molecular weight is 446 g/mol. The van der Waals surface area contributed by atoms with Crippen LogP contribution in [0, 0.1) is 46.3 Å². The van der Waals surface area contributed by atoms with Crippen LogP contribution in [0.3, 0.4) is 0 Å². The van der Waals surface area contributed by atoms with Crippen LogP contribution in [0.4, 0.5) is 0 Å². The van der Waals surface area contributed by atoms with E-state index in [2.05, 4.69) is 39.9 Å². The minimum absolute atomic E-state index is 0.106. The van der Waals surface area contributed by atoms with Gasteiger partial charge in [0.1, 0.15) is 11.6 Å². The van der Waals surface area contributed by atoms with Crippen molar-refractivity contribution in [2.24, 2.45) is 46.3 Å². The van der Waals surface area contributed by atoms with E-state index in [0.29, 0.717) is 60.3 Å². The number of carbonyl (C=O) groups is 2. The first-order chi connectivity index (χ1) is 15.0. The fraction of sp³-hybridized carbons (Fsp3) is 0.929. The topological polar surface area (TPSA) is 66.4 Å². The number of ketones is 2. The van der Waals surface area contributed by atoms with Crippen molar-refractivity contribution in [3.8, 4) is 0 Å². The summed E-state index contributed by atoms with van der Waals surface area (Å²) in [5.74, 6) is 3.26. The molecule has 182 valence electrons. The smallest absolute Gasteiger partial charge is 0.136 e. The molecule has 0 spiro atoms. The van der Waals surface area contributed by atoms with Crippen molar-refractivity contribution in [1.29, 1.82) is 0 Å². The van der Waals surface area contributed by atoms with Crippen LogP contribution in [0.15, 0.2) is 0 Å². The molecule has 0 saturated heterocycles. The van der Waals surface area contributed by atoms with Gasteiger partial charge in [-0.2, -0.15) is 0 Å². The average Bonchev–Trinajstić information content (AvgIpc) is 3.06. The highest BCUT2D eigenvalue weighted by Gasteiger charge is 2.65. The van der Waals surface area contributed by atoms with E-state index in [-0.39, 0.29) is 28.6 Å². The lowest BCUT2D eigenvalue weighted by atomic mass is 9.43. The molecule has 4 nitrogen and oxygen atoms in total. The zero-order valence-corrected chi connectivity index (χ0v) is 21.3. The lowest BCUT2D eigenvalue weighted by molar-refractivity contribution is -0.165. The molecule has 2 N–H and O–H groups in total. The van der Waals surface area contributed by atoms with Gasteiger partial charge >= 0.3 is 0 Å². The van der Waals surface area contributed by atoms with Crippen molar-refractivity contribution in [2.75, 3.05) is 0 Å². The molecule has 0 radical (unpaired) electrons. The summed E-state index contributed by atoms with van der Waals surface area (Å²) in [6, 6.07) is 0.829. The van der Waals surface area contributed by atoms with E-state index in [1.807, 2.05) is 0 Å². The van der Waals surface area contributed by atoms with Gasteiger partial charge < -0.3 is 15.2 Å². The Morgan fingerprint density at radius 3 is 2.50 bits per heavy atom. The standard InChI is InChI=1S/C28H47NO3/c1-16(2)29-25-15-23-26(24(32)14-19-13-20(31)11-12-27(19,23)5)22-10-9-21(28(22,25)6)17(3)7-8-18(4)30/h16-17,19-23,25-26,29,31H,7-15H2,1-6H3/t17-,19+,20-,21-,22+,23+,25?,26+,27+,28-/m1/s1. The molecular weight excluding hydrogens is 398 g/mol. The molecule has 0 heterocycles. The molecule has 0 aliphatic heterocycles. The molecule has 4 saturated carbocycles. The van der Waals surface area contributed by atoms with Crippen LogP contribution in [0.1, 0.15) is 99.3 Å². The zero-order chi connectivity index (χ0) is 23.4. The minimum atomic E-state index is -0.228. The van der Waals surface area contributed by atoms with Crippen LogP contribution in [-0.4, -0.2) is 34.9 Å². The normalized spacial score (nSPS) is 47.0. The number of fused-ring (bicyclic) bond motifs is 5. The van der Waals surface area contributed by atoms with Gasteiger partial charge in [-0.3, -0.25) is 4.79 Å². The highest BCUT2D eigenvalue weighted by Crippen LogP contribution is 2.67. The Kier molecular flexibility index (Phi) is 6.71. The molecule has 10 atom stereocenters. The molecule has 0 aromatic carbocycles. The van der Waals surface area contributed by atoms with Crippen LogP contribution in [0.25, 0.3) is 0 Å². The molecule has 1 unspecified atom stereocenters. The summed E-state index contributed by atoms with van der Waals surface area (Å²) in [6.07, 6.45) is 8.26. The van der Waals surface area contributed by atoms with E-state index in [1.165, 1.54) is 6.42 Å². The van der Waals surface area contributed by atoms with Crippen molar-refractivity contribution in [1.82, 2.24) is 5.32 Å². The number of rotatable bonds is 6. The van der Waals surface area contributed by atoms with Crippen LogP contribution < -0.4 is 5.32 Å². The van der Waals surface area contributed by atoms with E-state index in [1.54, 1.807) is 6.92 Å². The Labute approximate surface area is 195 Å². The predicted octanol–water partition coefficient (Wildman–Crippen LogP) is 5.17. The second-order valence-corrected chi connectivity index (χ2v) is 12.9. The number of carbonyl (C=O) groups excluding carboxylic acids is 2. The number of aliphatic hydroxyl groups is 1. The molecular formula is C28H47NO3. The second-order valence-electron chi connectivity index (χ2n) is 12.9. The summed E-state index contributed by atoms with van der Waals surface area (Å²) in [5.41, 5.74) is 0.281. The highest BCUT2D eigenvalue weighted by molar-refractivity contribution is 5.83. The predicted molar refractivity (Wildman–Crippen MR) is 128 cm³/mol. The second kappa shape index (κ2) is 8.80. The molecule has 4 aliphatic rings. The van der Waals surface area contributed by atoms with Gasteiger partial charge in [0.2, 0.25) is 0 Å². The fourth-order valence-electron chi connectivity index (χ4n) is 9.16. The van der Waals surface area contributed by atoms with Crippen molar-refractivity contribution < 1.29 is 14.7 Å². The third kappa shape index (κ3) is 3.91. The fourth-order valence-corrected chi connectivity index (χ4v) is 9.16. The maximum Gasteiger partial charge on any atom is 0.136 e. The van der Waals surface area contributed by atoms with E-state index in [0.717, 1.165) is 38.5 Å². The van der Waals surface area contributed by atoms with Gasteiger partial charge in [-0.1, -0.05) is 34.6 Å². The van der Waals surface area contributed by atoms with Gasteiger partial charge in [0.05, 0.1) is 6.10 Å². The molecule has 32 heavy (non-hydrogen) atoms. The van der Waals surface area contributed by atoms with Crippen LogP contribution >= 0.6 is 0 Å². The van der Waals surface area contributed by atoms with Gasteiger partial charge in [0.25, 0.3) is 0 Å². The van der Waals surface area contributed by atoms with Crippen LogP contribution in [-0.2, 0) is 9.59 Å². The minimum Gasteiger partial charge on any atom is -0.393 e. The third-order valence-corrected chi connectivity index (χ3v) is 10.8. The zero-order valence-electron chi connectivity index (χ0n) is 21.3. The summed E-state index contributed by atoms with van der Waals surface area (Å²) in [5, 5.41) is 14.3. The van der Waals surface area contributed by atoms with E-state index < -0.39 is 0 Å². The Bertz CT molecular complexity index is 734. The Balaban J connectivity index is 1.68. The van der Waals surface area contributed by atoms with Crippen LogP contribution in [0.2, 0.25) is 0 Å². The maximum absolute atomic E-state index is 13.7. The van der Waals surface area contributed by atoms with Gasteiger partial charge in [-0.05, 0) is 92.3 Å². The van der Waals surface area contributed by atoms with Crippen molar-refractivity contribution in [2.45, 2.75) is 118 Å². The molecule has 0 amide bonds. The Morgan fingerprint density at radius 1 is 1.12 bits per heavy atom. The van der Waals surface area contributed by atoms with Crippen molar-refractivity contribution in [3.05, 3.63) is 0 Å². The van der Waals surface area contributed by atoms with E-state index in [9.17, 15) is 14.7 Å². The number of nitrogens with one attached hydrogen (secondary N) is 1. The number of aliphatic hydroxyl groups excluding tert-OH is 1. The Morgan fingerprint density at radius 2 is 1.84 bits per heavy atom. The summed E-state index contributed by atoms with van der Waals surface area (Å²) in [4.78, 5) is 25.4. The van der Waals surface area contributed by atoms with Crippen molar-refractivity contribution >= 4 is 11.6 Å². The summed E-state index contributed by atoms with van der Waals surface area (Å²) in [7, 11) is 0. The van der Waals surface area contributed by atoms with E-state index in [4.69, 9.17) is 0 Å². The first-order valence-corrected chi connectivity index (χ1v) is 13.4. The first kappa shape index (κ1) is 24.4. The third-order valence-electron chi connectivity index (χ3n) is 10.8. The summed E-state index contributed by atoms with van der Waals surface area (Å²) < 4.78 is 0. The molecule has 4 fully saturated rings. The monoisotopic (exact) mass is 445 g/mol. The molecule has 4 aliphatic carbocycles. The highest BCUT2D eigenvalue weighted by atomic mass is 16.3. The molecule has 4 rings (SSSR count). The van der Waals surface area contributed by atoms with Gasteiger partial charge in [0.15, 0.2) is 0 Å². The molecule has 4 heteroatoms. The number of hydrogen-bond donors (Lipinski definition) is 2. The van der Waals surface area contributed by atoms with Crippen molar-refractivity contribution in [3.63, 3.8) is 0 Å². The molecule has 0 aromatic heterocycles. The van der Waals surface area contributed by atoms with Crippen LogP contribution in [0.5, 0.6) is 0 Å². The summed E-state index contributed by atoms with van der Waals surface area (Å²) >= 11 is 0. The molecule has 0 bridgehead atoms. The van der Waals surface area contributed by atoms with Gasteiger partial charge in [0, 0.05) is 30.8 Å². The van der Waals surface area contributed by atoms with E-state index >= 15 is 0 Å². The number of Topliss-reactive ketones (excluding diaryl/α,β-unsaturated/α-hetero) is 2. The SMILES string of the molecule is CC(=O)CC[C@@H](C)[C@H]1CC[C@H]2[C@@H]3C(=O)C[C@@H]4C[C@H](O)CC[C@]4(C)[C@H]3CC(NC(C)C)[C@]12C. The Hall–Kier alpha value is -0.740. The lowest BCUT2D eigenvalue weighted by Crippen LogP contribution is -2.64. The molecule has 0 aromatic rings. The van der Waals surface area contributed by atoms with Gasteiger partial charge in [-0.25, -0.2) is 0 Å².